The van der Waals surface area contributed by atoms with Gasteiger partial charge in [-0.25, -0.2) is 5.84 Å². The molecule has 1 unspecified atom stereocenters. The molecule has 3 aromatic rings. The predicted molar refractivity (Wildman–Crippen MR) is 146 cm³/mol. The number of anilines is 1. The third-order valence-corrected chi connectivity index (χ3v) is 6.94. The quantitative estimate of drug-likeness (QED) is 0.170. The van der Waals surface area contributed by atoms with E-state index in [4.69, 9.17) is 16.0 Å². The van der Waals surface area contributed by atoms with E-state index >= 15 is 0 Å². The van der Waals surface area contributed by atoms with Crippen molar-refractivity contribution in [1.29, 1.82) is 5.41 Å². The molecule has 0 bridgehead atoms. The van der Waals surface area contributed by atoms with Crippen LogP contribution >= 0.6 is 0 Å². The van der Waals surface area contributed by atoms with E-state index in [0.717, 1.165) is 27.6 Å². The summed E-state index contributed by atoms with van der Waals surface area (Å²) in [6.07, 6.45) is 1.18. The Morgan fingerprint density at radius 2 is 2.00 bits per heavy atom. The zero-order valence-corrected chi connectivity index (χ0v) is 21.7. The highest BCUT2D eigenvalue weighted by Gasteiger charge is 2.33. The minimum absolute atomic E-state index is 0.163. The van der Waals surface area contributed by atoms with Crippen molar-refractivity contribution in [2.45, 2.75) is 38.4 Å². The zero-order valence-electron chi connectivity index (χ0n) is 21.7. The molecule has 0 radical (unpaired) electrons. The van der Waals surface area contributed by atoms with E-state index in [0.29, 0.717) is 24.2 Å². The number of hydrogen-bond acceptors (Lipinski definition) is 6. The molecule has 9 nitrogen and oxygen atoms in total. The third-order valence-electron chi connectivity index (χ3n) is 6.94. The second-order valence-electron chi connectivity index (χ2n) is 9.31. The predicted octanol–water partition coefficient (Wildman–Crippen LogP) is 2.55. The summed E-state index contributed by atoms with van der Waals surface area (Å²) < 4.78 is 5.72. The molecule has 1 aliphatic heterocycles. The van der Waals surface area contributed by atoms with E-state index in [1.54, 1.807) is 33.0 Å². The summed E-state index contributed by atoms with van der Waals surface area (Å²) in [5.41, 5.74) is 3.41. The number of fused-ring (bicyclic) bond motifs is 2. The Labute approximate surface area is 217 Å². The molecule has 5 N–H and O–H groups in total. The van der Waals surface area contributed by atoms with Crippen LogP contribution in [-0.2, 0) is 22.6 Å². The summed E-state index contributed by atoms with van der Waals surface area (Å²) in [7, 11) is 4.95. The van der Waals surface area contributed by atoms with Gasteiger partial charge in [0, 0.05) is 23.9 Å². The Morgan fingerprint density at radius 3 is 2.70 bits per heavy atom. The second-order valence-corrected chi connectivity index (χ2v) is 9.31. The van der Waals surface area contributed by atoms with Gasteiger partial charge >= 0.3 is 0 Å². The van der Waals surface area contributed by atoms with Crippen LogP contribution in [0.2, 0.25) is 0 Å². The largest absolute Gasteiger partial charge is 0.496 e. The number of carbonyl (C=O) groups is 2. The standard InChI is InChI=1S/C28H34N6O3/c1-17(31-2)27(35)32-23-13-10-18-7-5-6-8-24(18)34(28(23)36)16-22-21-12-9-20(26(29)33(3)30)15-19(21)11-14-25(22)37-4/h5-9,11-12,14-15,17,23,29,31H,10,13,16,30H2,1-4H3,(H,32,35)/t17-,23?/m0/s1. The number of nitrogens with one attached hydrogen (secondary N) is 3. The number of amidine groups is 1. The van der Waals surface area contributed by atoms with Crippen LogP contribution in [0.1, 0.15) is 30.0 Å². The van der Waals surface area contributed by atoms with Gasteiger partial charge in [0.25, 0.3) is 0 Å². The number of hydrogen-bond donors (Lipinski definition) is 4. The summed E-state index contributed by atoms with van der Waals surface area (Å²) in [5, 5.41) is 17.2. The molecule has 0 saturated heterocycles. The molecule has 2 amide bonds. The fourth-order valence-electron chi connectivity index (χ4n) is 4.68. The van der Waals surface area contributed by atoms with Gasteiger partial charge in [0.2, 0.25) is 11.8 Å². The first kappa shape index (κ1) is 26.1. The van der Waals surface area contributed by atoms with Crippen molar-refractivity contribution in [3.63, 3.8) is 0 Å². The lowest BCUT2D eigenvalue weighted by atomic mass is 9.99. The van der Waals surface area contributed by atoms with Gasteiger partial charge in [0.05, 0.1) is 19.7 Å². The first-order chi connectivity index (χ1) is 17.7. The molecule has 0 spiro atoms. The molecule has 1 aliphatic rings. The maximum absolute atomic E-state index is 13.9. The molecule has 9 heteroatoms. The molecule has 3 aromatic carbocycles. The monoisotopic (exact) mass is 502 g/mol. The summed E-state index contributed by atoms with van der Waals surface area (Å²) in [4.78, 5) is 28.3. The number of benzene rings is 3. The molecule has 1 heterocycles. The summed E-state index contributed by atoms with van der Waals surface area (Å²) in [6, 6.07) is 16.3. The SMILES string of the molecule is CN[C@@H](C)C(=O)NC1CCc2ccccc2N(Cc2c(OC)ccc3cc(C(=N)N(C)N)ccc23)C1=O. The average Bonchev–Trinajstić information content (AvgIpc) is 3.04. The Balaban J connectivity index is 1.77. The van der Waals surface area contributed by atoms with Gasteiger partial charge in [-0.1, -0.05) is 36.4 Å². The number of rotatable bonds is 7. The van der Waals surface area contributed by atoms with Crippen molar-refractivity contribution in [3.8, 4) is 5.75 Å². The lowest BCUT2D eigenvalue weighted by Crippen LogP contribution is -2.52. The van der Waals surface area contributed by atoms with Crippen LogP contribution in [-0.4, -0.2) is 55.9 Å². The number of nitrogens with two attached hydrogens (primary N) is 1. The molecule has 37 heavy (non-hydrogen) atoms. The first-order valence-corrected chi connectivity index (χ1v) is 12.3. The maximum atomic E-state index is 13.9. The van der Waals surface area contributed by atoms with Gasteiger partial charge in [0.1, 0.15) is 17.6 Å². The van der Waals surface area contributed by atoms with Crippen LogP contribution < -0.4 is 26.1 Å². The van der Waals surface area contributed by atoms with Crippen molar-refractivity contribution < 1.29 is 14.3 Å². The maximum Gasteiger partial charge on any atom is 0.249 e. The Morgan fingerprint density at radius 1 is 1.24 bits per heavy atom. The number of nitrogens with zero attached hydrogens (tertiary/aromatic N) is 2. The van der Waals surface area contributed by atoms with Crippen molar-refractivity contribution in [3.05, 3.63) is 71.3 Å². The van der Waals surface area contributed by atoms with Crippen LogP contribution in [0, 0.1) is 5.41 Å². The van der Waals surface area contributed by atoms with Crippen molar-refractivity contribution in [2.75, 3.05) is 26.1 Å². The van der Waals surface area contributed by atoms with E-state index in [-0.39, 0.29) is 24.2 Å². The summed E-state index contributed by atoms with van der Waals surface area (Å²) in [6.45, 7) is 2.03. The summed E-state index contributed by atoms with van der Waals surface area (Å²) >= 11 is 0. The van der Waals surface area contributed by atoms with Gasteiger partial charge in [-0.15, -0.1) is 0 Å². The van der Waals surface area contributed by atoms with Crippen LogP contribution in [0.5, 0.6) is 5.75 Å². The third kappa shape index (κ3) is 5.28. The van der Waals surface area contributed by atoms with E-state index < -0.39 is 12.1 Å². The number of ether oxygens (including phenoxy) is 1. The molecule has 194 valence electrons. The van der Waals surface area contributed by atoms with Crippen molar-refractivity contribution in [2.24, 2.45) is 5.84 Å². The van der Waals surface area contributed by atoms with Crippen LogP contribution in [0.25, 0.3) is 10.8 Å². The minimum Gasteiger partial charge on any atom is -0.496 e. The van der Waals surface area contributed by atoms with E-state index in [9.17, 15) is 9.59 Å². The normalized spacial score (nSPS) is 16.1. The number of para-hydroxylation sites is 1. The second kappa shape index (κ2) is 11.0. The highest BCUT2D eigenvalue weighted by atomic mass is 16.5. The lowest BCUT2D eigenvalue weighted by molar-refractivity contribution is -0.128. The number of carbonyl (C=O) groups excluding carboxylic acids is 2. The molecular weight excluding hydrogens is 468 g/mol. The topological polar surface area (TPSA) is 124 Å². The molecule has 0 aromatic heterocycles. The van der Waals surface area contributed by atoms with E-state index in [1.165, 1.54) is 5.01 Å². The lowest BCUT2D eigenvalue weighted by Gasteiger charge is -2.28. The Hall–Kier alpha value is -3.95. The highest BCUT2D eigenvalue weighted by molar-refractivity contribution is 6.03. The fourth-order valence-corrected chi connectivity index (χ4v) is 4.68. The zero-order chi connectivity index (χ0) is 26.7. The summed E-state index contributed by atoms with van der Waals surface area (Å²) in [5.74, 6) is 6.25. The average molecular weight is 503 g/mol. The highest BCUT2D eigenvalue weighted by Crippen LogP contribution is 2.34. The Kier molecular flexibility index (Phi) is 7.75. The van der Waals surface area contributed by atoms with Crippen molar-refractivity contribution in [1.82, 2.24) is 15.6 Å². The van der Waals surface area contributed by atoms with E-state index in [2.05, 4.69) is 10.6 Å². The number of methoxy groups -OCH3 is 1. The molecule has 0 fully saturated rings. The van der Waals surface area contributed by atoms with Crippen LogP contribution in [0.15, 0.2) is 54.6 Å². The van der Waals surface area contributed by atoms with E-state index in [1.807, 2.05) is 54.6 Å². The molecule has 2 atom stereocenters. The number of aryl methyl sites for hydroxylation is 1. The van der Waals surface area contributed by atoms with Gasteiger partial charge in [0.15, 0.2) is 0 Å². The van der Waals surface area contributed by atoms with Crippen molar-refractivity contribution >= 4 is 34.1 Å². The molecule has 0 saturated carbocycles. The first-order valence-electron chi connectivity index (χ1n) is 12.3. The van der Waals surface area contributed by atoms with Gasteiger partial charge in [-0.2, -0.15) is 0 Å². The number of likely N-dealkylation sites (N-methyl/N-ethyl adjacent to an activating group) is 1. The molecular formula is C28H34N6O3. The molecule has 4 rings (SSSR count). The van der Waals surface area contributed by atoms with Gasteiger partial charge in [-0.3, -0.25) is 20.0 Å². The van der Waals surface area contributed by atoms with Gasteiger partial charge < -0.3 is 20.3 Å². The Bertz CT molecular complexity index is 1340. The van der Waals surface area contributed by atoms with Gasteiger partial charge in [-0.05, 0) is 61.3 Å². The fraction of sp³-hybridized carbons (Fsp3) is 0.321. The minimum atomic E-state index is -0.649. The smallest absolute Gasteiger partial charge is 0.249 e. The number of hydrazine groups is 1. The van der Waals surface area contributed by atoms with Crippen LogP contribution in [0.3, 0.4) is 0 Å². The molecule has 0 aliphatic carbocycles. The number of amides is 2. The van der Waals surface area contributed by atoms with Crippen LogP contribution in [0.4, 0.5) is 5.69 Å².